The largest absolute Gasteiger partial charge is 0.351 e. The van der Waals surface area contributed by atoms with E-state index in [4.69, 9.17) is 4.52 Å². The molecule has 0 unspecified atom stereocenters. The zero-order valence-corrected chi connectivity index (χ0v) is 17.9. The molecule has 3 aromatic heterocycles. The number of nitrogens with one attached hydrogen (secondary N) is 1. The van der Waals surface area contributed by atoms with Gasteiger partial charge in [-0.25, -0.2) is 0 Å². The van der Waals surface area contributed by atoms with Gasteiger partial charge in [-0.05, 0) is 34.1 Å². The van der Waals surface area contributed by atoms with Crippen LogP contribution in [0.25, 0.3) is 21.6 Å². The molecule has 0 spiro atoms. The highest BCUT2D eigenvalue weighted by atomic mass is 79.9. The van der Waals surface area contributed by atoms with Crippen LogP contribution in [0.5, 0.6) is 0 Å². The molecule has 1 N–H and O–H groups in total. The lowest BCUT2D eigenvalue weighted by Crippen LogP contribution is -2.48. The van der Waals surface area contributed by atoms with Gasteiger partial charge in [0.05, 0.1) is 11.4 Å². The number of para-hydroxylation sites is 1. The summed E-state index contributed by atoms with van der Waals surface area (Å²) in [5.41, 5.74) is 1.63. The van der Waals surface area contributed by atoms with Gasteiger partial charge < -0.3 is 14.4 Å². The van der Waals surface area contributed by atoms with Crippen LogP contribution in [-0.2, 0) is 6.54 Å². The lowest BCUT2D eigenvalue weighted by atomic mass is 10.2. The number of halogens is 1. The zero-order valence-electron chi connectivity index (χ0n) is 15.5. The van der Waals surface area contributed by atoms with Gasteiger partial charge in [-0.15, -0.1) is 11.3 Å². The predicted molar refractivity (Wildman–Crippen MR) is 115 cm³/mol. The molecule has 1 aromatic carbocycles. The lowest BCUT2D eigenvalue weighted by molar-refractivity contribution is 0.0610. The van der Waals surface area contributed by atoms with Crippen LogP contribution in [0.4, 0.5) is 0 Å². The van der Waals surface area contributed by atoms with Gasteiger partial charge in [0, 0.05) is 46.9 Å². The van der Waals surface area contributed by atoms with Gasteiger partial charge in [-0.3, -0.25) is 9.69 Å². The van der Waals surface area contributed by atoms with E-state index in [1.165, 1.54) is 0 Å². The minimum atomic E-state index is 0.0456. The topological polar surface area (TPSA) is 78.3 Å². The number of aromatic nitrogens is 3. The molecule has 0 radical (unpaired) electrons. The number of hydrogen-bond donors (Lipinski definition) is 1. The van der Waals surface area contributed by atoms with Crippen LogP contribution in [0.2, 0.25) is 0 Å². The molecule has 4 heterocycles. The molecule has 1 aliphatic heterocycles. The van der Waals surface area contributed by atoms with Crippen LogP contribution in [-0.4, -0.2) is 57.0 Å². The Morgan fingerprint density at radius 2 is 2.03 bits per heavy atom. The molecule has 1 saturated heterocycles. The maximum atomic E-state index is 12.8. The molecule has 1 amide bonds. The highest BCUT2D eigenvalue weighted by Crippen LogP contribution is 2.28. The number of carbonyl (C=O) groups excluding carboxylic acids is 1. The summed E-state index contributed by atoms with van der Waals surface area (Å²) in [6.45, 7) is 3.48. The molecule has 0 bridgehead atoms. The van der Waals surface area contributed by atoms with Crippen molar-refractivity contribution >= 4 is 44.1 Å². The fourth-order valence-electron chi connectivity index (χ4n) is 3.51. The predicted octanol–water partition coefficient (Wildman–Crippen LogP) is 4.00. The number of H-pyrrole nitrogens is 1. The molecule has 5 rings (SSSR count). The molecule has 9 heteroatoms. The summed E-state index contributed by atoms with van der Waals surface area (Å²) in [5, 5.41) is 7.13. The monoisotopic (exact) mass is 471 g/mol. The summed E-state index contributed by atoms with van der Waals surface area (Å²) in [6, 6.07) is 11.8. The minimum absolute atomic E-state index is 0.0456. The van der Waals surface area contributed by atoms with Crippen molar-refractivity contribution in [3.63, 3.8) is 0 Å². The number of thiophene rings is 1. The Labute approximate surface area is 179 Å². The first-order valence-electron chi connectivity index (χ1n) is 9.32. The molecule has 0 atom stereocenters. The smallest absolute Gasteiger partial charge is 0.270 e. The number of rotatable bonds is 4. The van der Waals surface area contributed by atoms with Crippen molar-refractivity contribution < 1.29 is 9.32 Å². The molecule has 29 heavy (non-hydrogen) atoms. The fourth-order valence-corrected chi connectivity index (χ4v) is 4.86. The number of benzene rings is 1. The van der Waals surface area contributed by atoms with E-state index < -0.39 is 0 Å². The Bertz CT molecular complexity index is 1130. The van der Waals surface area contributed by atoms with E-state index in [9.17, 15) is 4.79 Å². The zero-order chi connectivity index (χ0) is 19.8. The highest BCUT2D eigenvalue weighted by Gasteiger charge is 2.24. The first-order chi connectivity index (χ1) is 14.2. The first kappa shape index (κ1) is 18.5. The molecule has 148 valence electrons. The van der Waals surface area contributed by atoms with Gasteiger partial charge in [0.2, 0.25) is 11.7 Å². The normalized spacial score (nSPS) is 15.3. The molecular weight excluding hydrogens is 454 g/mol. The first-order valence-corrected chi connectivity index (χ1v) is 11.0. The third-order valence-corrected chi connectivity index (χ3v) is 6.72. The summed E-state index contributed by atoms with van der Waals surface area (Å²) < 4.78 is 6.42. The maximum absolute atomic E-state index is 12.8. The van der Waals surface area contributed by atoms with Crippen molar-refractivity contribution in [2.75, 3.05) is 26.2 Å². The summed E-state index contributed by atoms with van der Waals surface area (Å²) >= 11 is 5.01. The van der Waals surface area contributed by atoms with Crippen molar-refractivity contribution in [3.05, 3.63) is 57.8 Å². The molecule has 4 aromatic rings. The van der Waals surface area contributed by atoms with Crippen molar-refractivity contribution in [1.29, 1.82) is 0 Å². The van der Waals surface area contributed by atoms with Gasteiger partial charge in [0.1, 0.15) is 5.69 Å². The number of hydrogen-bond acceptors (Lipinski definition) is 6. The van der Waals surface area contributed by atoms with Crippen LogP contribution < -0.4 is 0 Å². The van der Waals surface area contributed by atoms with E-state index in [1.807, 2.05) is 46.7 Å². The SMILES string of the molecule is O=C(c1cc2ccccc2[nH]1)N1CCN(Cc2nc(-c3cc(Br)cs3)no2)CC1. The molecular formula is C20H18BrN5O2S. The standard InChI is InChI=1S/C20H18BrN5O2S/c21-14-10-17(29-12-14)19-23-18(28-24-19)11-25-5-7-26(8-6-25)20(27)16-9-13-3-1-2-4-15(13)22-16/h1-4,9-10,12,22H,5-8,11H2. The molecule has 0 saturated carbocycles. The average Bonchev–Trinajstić information content (AvgIpc) is 3.47. The third kappa shape index (κ3) is 3.85. The van der Waals surface area contributed by atoms with E-state index in [-0.39, 0.29) is 5.91 Å². The Hall–Kier alpha value is -2.49. The second-order valence-corrected chi connectivity index (χ2v) is 8.81. The molecule has 1 aliphatic rings. The van der Waals surface area contributed by atoms with Crippen LogP contribution >= 0.6 is 27.3 Å². The number of aromatic amines is 1. The summed E-state index contributed by atoms with van der Waals surface area (Å²) in [6.07, 6.45) is 0. The number of fused-ring (bicyclic) bond motifs is 1. The van der Waals surface area contributed by atoms with Gasteiger partial charge in [0.15, 0.2) is 0 Å². The lowest BCUT2D eigenvalue weighted by Gasteiger charge is -2.33. The minimum Gasteiger partial charge on any atom is -0.351 e. The van der Waals surface area contributed by atoms with Crippen molar-refractivity contribution in [2.45, 2.75) is 6.54 Å². The van der Waals surface area contributed by atoms with E-state index in [0.29, 0.717) is 37.0 Å². The number of nitrogens with zero attached hydrogens (tertiary/aromatic N) is 4. The summed E-state index contributed by atoms with van der Waals surface area (Å²) in [7, 11) is 0. The van der Waals surface area contributed by atoms with Gasteiger partial charge >= 0.3 is 0 Å². The molecule has 0 aliphatic carbocycles. The Morgan fingerprint density at radius 1 is 1.21 bits per heavy atom. The van der Waals surface area contributed by atoms with E-state index in [2.05, 4.69) is 36.0 Å². The molecule has 1 fully saturated rings. The van der Waals surface area contributed by atoms with E-state index >= 15 is 0 Å². The Morgan fingerprint density at radius 3 is 2.79 bits per heavy atom. The van der Waals surface area contributed by atoms with Crippen molar-refractivity contribution in [2.24, 2.45) is 0 Å². The van der Waals surface area contributed by atoms with E-state index in [0.717, 1.165) is 33.3 Å². The Kier molecular flexibility index (Phi) is 4.94. The van der Waals surface area contributed by atoms with Crippen LogP contribution in [0, 0.1) is 0 Å². The number of piperazine rings is 1. The summed E-state index contributed by atoms with van der Waals surface area (Å²) in [4.78, 5) is 25.6. The number of carbonyl (C=O) groups is 1. The van der Waals surface area contributed by atoms with Gasteiger partial charge in [-0.2, -0.15) is 4.98 Å². The van der Waals surface area contributed by atoms with Crippen LogP contribution in [0.15, 0.2) is 50.8 Å². The van der Waals surface area contributed by atoms with Crippen molar-refractivity contribution in [1.82, 2.24) is 24.9 Å². The summed E-state index contributed by atoms with van der Waals surface area (Å²) in [5.74, 6) is 1.26. The van der Waals surface area contributed by atoms with Gasteiger partial charge in [-0.1, -0.05) is 23.4 Å². The van der Waals surface area contributed by atoms with E-state index in [1.54, 1.807) is 11.3 Å². The third-order valence-electron chi connectivity index (χ3n) is 5.03. The Balaban J connectivity index is 1.19. The quantitative estimate of drug-likeness (QED) is 0.486. The highest BCUT2D eigenvalue weighted by molar-refractivity contribution is 9.10. The van der Waals surface area contributed by atoms with Crippen LogP contribution in [0.3, 0.4) is 0 Å². The van der Waals surface area contributed by atoms with Crippen molar-refractivity contribution in [3.8, 4) is 10.7 Å². The number of amides is 1. The maximum Gasteiger partial charge on any atom is 0.270 e. The fraction of sp³-hybridized carbons (Fsp3) is 0.250. The second-order valence-electron chi connectivity index (χ2n) is 6.98. The second kappa shape index (κ2) is 7.74. The average molecular weight is 472 g/mol. The molecule has 7 nitrogen and oxygen atoms in total. The van der Waals surface area contributed by atoms with Crippen LogP contribution in [0.1, 0.15) is 16.4 Å². The van der Waals surface area contributed by atoms with Gasteiger partial charge in [0.25, 0.3) is 5.91 Å².